The standard InChI is InChI=1S/C11H13ClN4O3/c1-15-6-7(2-5-10(15)17)13-11-8(16(18)19)3-4-9(12)14-11/h3-4,7H,2,5-6H2,1H3,(H,13,14). The van der Waals surface area contributed by atoms with Gasteiger partial charge in [0.05, 0.1) is 4.92 Å². The molecule has 7 nitrogen and oxygen atoms in total. The number of likely N-dealkylation sites (tertiary alicyclic amines) is 1. The Morgan fingerprint density at radius 1 is 1.58 bits per heavy atom. The Bertz CT molecular complexity index is 523. The topological polar surface area (TPSA) is 88.4 Å². The van der Waals surface area contributed by atoms with E-state index < -0.39 is 4.92 Å². The normalized spacial score (nSPS) is 19.4. The van der Waals surface area contributed by atoms with Crippen LogP contribution in [-0.4, -0.2) is 40.3 Å². The predicted octanol–water partition coefficient (Wildman–Crippen LogP) is 1.68. The highest BCUT2D eigenvalue weighted by Crippen LogP contribution is 2.26. The van der Waals surface area contributed by atoms with Gasteiger partial charge in [-0.15, -0.1) is 0 Å². The van der Waals surface area contributed by atoms with E-state index >= 15 is 0 Å². The minimum Gasteiger partial charge on any atom is -0.360 e. The summed E-state index contributed by atoms with van der Waals surface area (Å²) in [5.74, 6) is 0.219. The van der Waals surface area contributed by atoms with Gasteiger partial charge in [-0.1, -0.05) is 11.6 Å². The molecule has 1 unspecified atom stereocenters. The van der Waals surface area contributed by atoms with Crippen molar-refractivity contribution in [3.8, 4) is 0 Å². The van der Waals surface area contributed by atoms with Crippen molar-refractivity contribution in [2.24, 2.45) is 0 Å². The number of aromatic nitrogens is 1. The Morgan fingerprint density at radius 2 is 2.32 bits per heavy atom. The summed E-state index contributed by atoms with van der Waals surface area (Å²) in [7, 11) is 1.70. The maximum Gasteiger partial charge on any atom is 0.311 e. The number of amides is 1. The van der Waals surface area contributed by atoms with Gasteiger partial charge < -0.3 is 10.2 Å². The number of pyridine rings is 1. The molecule has 1 atom stereocenters. The van der Waals surface area contributed by atoms with Crippen molar-refractivity contribution in [2.75, 3.05) is 18.9 Å². The third-order valence-electron chi connectivity index (χ3n) is 3.00. The Hall–Kier alpha value is -1.89. The number of nitro groups is 1. The van der Waals surface area contributed by atoms with Crippen LogP contribution in [0.15, 0.2) is 12.1 Å². The Balaban J connectivity index is 2.16. The van der Waals surface area contributed by atoms with Crippen molar-refractivity contribution in [1.29, 1.82) is 0 Å². The average molecular weight is 285 g/mol. The second-order valence-electron chi connectivity index (χ2n) is 4.41. The van der Waals surface area contributed by atoms with E-state index in [2.05, 4.69) is 10.3 Å². The first kappa shape index (κ1) is 13.5. The summed E-state index contributed by atoms with van der Waals surface area (Å²) >= 11 is 5.75. The van der Waals surface area contributed by atoms with Crippen molar-refractivity contribution < 1.29 is 9.72 Å². The molecule has 0 aliphatic carbocycles. The van der Waals surface area contributed by atoms with Crippen LogP contribution in [0, 0.1) is 10.1 Å². The van der Waals surface area contributed by atoms with Crippen LogP contribution in [0.3, 0.4) is 0 Å². The summed E-state index contributed by atoms with van der Waals surface area (Å²) in [4.78, 5) is 27.3. The zero-order chi connectivity index (χ0) is 14.0. The monoisotopic (exact) mass is 284 g/mol. The number of likely N-dealkylation sites (N-methyl/N-ethyl adjacent to an activating group) is 1. The summed E-state index contributed by atoms with van der Waals surface area (Å²) in [5, 5.41) is 14.1. The number of carbonyl (C=O) groups is 1. The average Bonchev–Trinajstić information content (AvgIpc) is 2.33. The minimum absolute atomic E-state index is 0.0626. The molecule has 102 valence electrons. The number of nitrogens with zero attached hydrogens (tertiary/aromatic N) is 3. The molecule has 8 heteroatoms. The highest BCUT2D eigenvalue weighted by molar-refractivity contribution is 6.29. The molecule has 2 heterocycles. The lowest BCUT2D eigenvalue weighted by Crippen LogP contribution is -2.43. The van der Waals surface area contributed by atoms with E-state index in [1.165, 1.54) is 12.1 Å². The van der Waals surface area contributed by atoms with Gasteiger partial charge in [0.15, 0.2) is 0 Å². The molecule has 0 radical (unpaired) electrons. The number of hydrogen-bond acceptors (Lipinski definition) is 5. The Morgan fingerprint density at radius 3 is 2.95 bits per heavy atom. The molecule has 1 aromatic rings. The second kappa shape index (κ2) is 5.40. The van der Waals surface area contributed by atoms with Gasteiger partial charge in [0.2, 0.25) is 11.7 Å². The van der Waals surface area contributed by atoms with Crippen LogP contribution < -0.4 is 5.32 Å². The number of hydrogen-bond donors (Lipinski definition) is 1. The first-order chi connectivity index (χ1) is 8.97. The zero-order valence-electron chi connectivity index (χ0n) is 10.3. The molecule has 1 amide bonds. The zero-order valence-corrected chi connectivity index (χ0v) is 11.1. The number of halogens is 1. The molecule has 2 rings (SSSR count). The van der Waals surface area contributed by atoms with E-state index in [1.807, 2.05) is 0 Å². The fourth-order valence-corrected chi connectivity index (χ4v) is 2.15. The lowest BCUT2D eigenvalue weighted by atomic mass is 10.1. The van der Waals surface area contributed by atoms with Gasteiger partial charge in [0.25, 0.3) is 0 Å². The highest BCUT2D eigenvalue weighted by Gasteiger charge is 2.25. The summed E-state index contributed by atoms with van der Waals surface area (Å²) in [5.41, 5.74) is -0.121. The first-order valence-electron chi connectivity index (χ1n) is 5.79. The predicted molar refractivity (Wildman–Crippen MR) is 70.2 cm³/mol. The van der Waals surface area contributed by atoms with E-state index in [1.54, 1.807) is 11.9 Å². The van der Waals surface area contributed by atoms with Crippen LogP contribution in [0.4, 0.5) is 11.5 Å². The van der Waals surface area contributed by atoms with Gasteiger partial charge in [-0.3, -0.25) is 14.9 Å². The smallest absolute Gasteiger partial charge is 0.311 e. The summed E-state index contributed by atoms with van der Waals surface area (Å²) in [6.45, 7) is 0.490. The quantitative estimate of drug-likeness (QED) is 0.518. The molecule has 0 saturated carbocycles. The Labute approximate surface area is 114 Å². The lowest BCUT2D eigenvalue weighted by Gasteiger charge is -2.30. The van der Waals surface area contributed by atoms with Crippen molar-refractivity contribution >= 4 is 29.0 Å². The fourth-order valence-electron chi connectivity index (χ4n) is 2.00. The van der Waals surface area contributed by atoms with Crippen LogP contribution in [0.25, 0.3) is 0 Å². The van der Waals surface area contributed by atoms with Crippen molar-refractivity contribution in [2.45, 2.75) is 18.9 Å². The number of rotatable bonds is 3. The van der Waals surface area contributed by atoms with E-state index in [0.29, 0.717) is 19.4 Å². The van der Waals surface area contributed by atoms with Gasteiger partial charge >= 0.3 is 5.69 Å². The van der Waals surface area contributed by atoms with E-state index in [-0.39, 0.29) is 28.6 Å². The van der Waals surface area contributed by atoms with Crippen molar-refractivity contribution in [3.05, 3.63) is 27.4 Å². The maximum atomic E-state index is 11.4. The first-order valence-corrected chi connectivity index (χ1v) is 6.16. The summed E-state index contributed by atoms with van der Waals surface area (Å²) in [6.07, 6.45) is 1.04. The molecule has 19 heavy (non-hydrogen) atoms. The van der Waals surface area contributed by atoms with Gasteiger partial charge in [-0.25, -0.2) is 4.98 Å². The molecular formula is C11H13ClN4O3. The van der Waals surface area contributed by atoms with Crippen LogP contribution in [-0.2, 0) is 4.79 Å². The van der Waals surface area contributed by atoms with Crippen LogP contribution in [0.1, 0.15) is 12.8 Å². The largest absolute Gasteiger partial charge is 0.360 e. The summed E-state index contributed by atoms with van der Waals surface area (Å²) < 4.78 is 0. The third-order valence-corrected chi connectivity index (χ3v) is 3.21. The SMILES string of the molecule is CN1CC(Nc2nc(Cl)ccc2[N+](=O)[O-])CCC1=O. The lowest BCUT2D eigenvalue weighted by molar-refractivity contribution is -0.384. The number of piperidine rings is 1. The fraction of sp³-hybridized carbons (Fsp3) is 0.455. The van der Waals surface area contributed by atoms with Gasteiger partial charge in [0.1, 0.15) is 5.15 Å². The number of anilines is 1. The molecular weight excluding hydrogens is 272 g/mol. The van der Waals surface area contributed by atoms with E-state index in [0.717, 1.165) is 0 Å². The van der Waals surface area contributed by atoms with Crippen LogP contribution >= 0.6 is 11.6 Å². The molecule has 0 spiro atoms. The molecule has 1 aliphatic heterocycles. The third kappa shape index (κ3) is 3.11. The van der Waals surface area contributed by atoms with E-state index in [4.69, 9.17) is 11.6 Å². The highest BCUT2D eigenvalue weighted by atomic mass is 35.5. The van der Waals surface area contributed by atoms with Gasteiger partial charge in [-0.05, 0) is 12.5 Å². The molecule has 1 N–H and O–H groups in total. The molecule has 0 aromatic carbocycles. The molecule has 0 bridgehead atoms. The number of nitrogens with one attached hydrogen (secondary N) is 1. The Kier molecular flexibility index (Phi) is 3.84. The van der Waals surface area contributed by atoms with Crippen molar-refractivity contribution in [1.82, 2.24) is 9.88 Å². The van der Waals surface area contributed by atoms with Crippen molar-refractivity contribution in [3.63, 3.8) is 0 Å². The molecule has 1 aliphatic rings. The van der Waals surface area contributed by atoms with Crippen LogP contribution in [0.2, 0.25) is 5.15 Å². The second-order valence-corrected chi connectivity index (χ2v) is 4.80. The van der Waals surface area contributed by atoms with Gasteiger partial charge in [-0.2, -0.15) is 0 Å². The van der Waals surface area contributed by atoms with Crippen LogP contribution in [0.5, 0.6) is 0 Å². The molecule has 1 fully saturated rings. The summed E-state index contributed by atoms with van der Waals surface area (Å²) in [6, 6.07) is 2.63. The van der Waals surface area contributed by atoms with Gasteiger partial charge in [0, 0.05) is 32.1 Å². The minimum atomic E-state index is -0.511. The van der Waals surface area contributed by atoms with E-state index in [9.17, 15) is 14.9 Å². The molecule has 1 aromatic heterocycles. The molecule has 1 saturated heterocycles. The number of carbonyl (C=O) groups excluding carboxylic acids is 1. The maximum absolute atomic E-state index is 11.4.